The molecule has 0 bridgehead atoms. The van der Waals surface area contributed by atoms with Crippen LogP contribution in [0.15, 0.2) is 34.8 Å². The lowest BCUT2D eigenvalue weighted by molar-refractivity contribution is 0.0576. The summed E-state index contributed by atoms with van der Waals surface area (Å²) in [5.74, 6) is 1.31. The smallest absolute Gasteiger partial charge is 0.160 e. The highest BCUT2D eigenvalue weighted by Crippen LogP contribution is 2.32. The van der Waals surface area contributed by atoms with E-state index in [9.17, 15) is 0 Å². The van der Waals surface area contributed by atoms with Crippen molar-refractivity contribution in [3.8, 4) is 11.3 Å². The fraction of sp³-hybridized carbons (Fsp3) is 0.333. The van der Waals surface area contributed by atoms with Crippen LogP contribution in [-0.2, 0) is 4.74 Å². The number of nitrogens with two attached hydrogens (primary N) is 1. The zero-order chi connectivity index (χ0) is 14.7. The number of hydrogen-bond acceptors (Lipinski definition) is 4. The maximum Gasteiger partial charge on any atom is 0.160 e. The minimum Gasteiger partial charge on any atom is -0.383 e. The number of aromatic nitrogens is 2. The zero-order valence-corrected chi connectivity index (χ0v) is 13.4. The van der Waals surface area contributed by atoms with Crippen molar-refractivity contribution in [2.45, 2.75) is 20.0 Å². The molecule has 0 aliphatic carbocycles. The fourth-order valence-electron chi connectivity index (χ4n) is 2.07. The number of rotatable bonds is 4. The third kappa shape index (κ3) is 2.99. The second-order valence-corrected chi connectivity index (χ2v) is 5.69. The average Bonchev–Trinajstić information content (AvgIpc) is 2.43. The molecule has 0 aliphatic heterocycles. The highest BCUT2D eigenvalue weighted by molar-refractivity contribution is 9.10. The van der Waals surface area contributed by atoms with Gasteiger partial charge in [-0.25, -0.2) is 9.97 Å². The third-order valence-corrected chi connectivity index (χ3v) is 3.84. The van der Waals surface area contributed by atoms with Crippen LogP contribution in [0.5, 0.6) is 0 Å². The Morgan fingerprint density at radius 1 is 1.15 bits per heavy atom. The van der Waals surface area contributed by atoms with Crippen LogP contribution in [0.2, 0.25) is 0 Å². The number of nitrogens with zero attached hydrogens (tertiary/aromatic N) is 2. The van der Waals surface area contributed by atoms with Gasteiger partial charge >= 0.3 is 0 Å². The molecule has 2 aromatic rings. The number of benzene rings is 1. The first kappa shape index (κ1) is 14.9. The van der Waals surface area contributed by atoms with E-state index >= 15 is 0 Å². The van der Waals surface area contributed by atoms with Crippen LogP contribution in [0.4, 0.5) is 5.82 Å². The lowest BCUT2D eigenvalue weighted by Crippen LogP contribution is -2.14. The first-order chi connectivity index (χ1) is 9.54. The number of methoxy groups -OCH3 is 1. The van der Waals surface area contributed by atoms with Gasteiger partial charge in [0, 0.05) is 12.7 Å². The van der Waals surface area contributed by atoms with Gasteiger partial charge in [-0.2, -0.15) is 0 Å². The average molecular weight is 336 g/mol. The number of hydrogen-bond donors (Lipinski definition) is 1. The monoisotopic (exact) mass is 335 g/mol. The molecule has 1 unspecified atom stereocenters. The van der Waals surface area contributed by atoms with Crippen molar-refractivity contribution >= 4 is 21.7 Å². The second-order valence-electron chi connectivity index (χ2n) is 4.90. The molecule has 0 saturated carbocycles. The Hall–Kier alpha value is -1.46. The van der Waals surface area contributed by atoms with Crippen molar-refractivity contribution < 1.29 is 4.74 Å². The number of ether oxygens (including phenoxy) is 1. The van der Waals surface area contributed by atoms with Crippen LogP contribution in [-0.4, -0.2) is 17.1 Å². The van der Waals surface area contributed by atoms with Crippen LogP contribution < -0.4 is 5.73 Å². The van der Waals surface area contributed by atoms with E-state index in [2.05, 4.69) is 39.7 Å². The van der Waals surface area contributed by atoms with Crippen molar-refractivity contribution in [2.24, 2.45) is 5.92 Å². The molecule has 1 heterocycles. The minimum atomic E-state index is -0.173. The summed E-state index contributed by atoms with van der Waals surface area (Å²) in [4.78, 5) is 8.98. The van der Waals surface area contributed by atoms with Crippen molar-refractivity contribution in [2.75, 3.05) is 12.8 Å². The van der Waals surface area contributed by atoms with Gasteiger partial charge in [0.2, 0.25) is 0 Å². The molecule has 5 heteroatoms. The predicted octanol–water partition coefficient (Wildman–Crippen LogP) is 3.83. The molecule has 0 radical (unpaired) electrons. The summed E-state index contributed by atoms with van der Waals surface area (Å²) in [6, 6.07) is 9.89. The van der Waals surface area contributed by atoms with Crippen LogP contribution in [0.3, 0.4) is 0 Å². The van der Waals surface area contributed by atoms with Gasteiger partial charge in [-0.1, -0.05) is 44.2 Å². The molecular formula is C15H18BrN3O. The van der Waals surface area contributed by atoms with Crippen LogP contribution in [0, 0.1) is 5.92 Å². The summed E-state index contributed by atoms with van der Waals surface area (Å²) in [6.07, 6.45) is -0.173. The summed E-state index contributed by atoms with van der Waals surface area (Å²) in [7, 11) is 1.66. The normalized spacial score (nSPS) is 12.7. The minimum absolute atomic E-state index is 0.173. The largest absolute Gasteiger partial charge is 0.383 e. The van der Waals surface area contributed by atoms with Gasteiger partial charge < -0.3 is 10.5 Å². The van der Waals surface area contributed by atoms with Crippen molar-refractivity contribution in [3.05, 3.63) is 40.6 Å². The molecule has 0 amide bonds. The van der Waals surface area contributed by atoms with E-state index in [0.29, 0.717) is 16.1 Å². The lowest BCUT2D eigenvalue weighted by Gasteiger charge is -2.19. The first-order valence-electron chi connectivity index (χ1n) is 6.45. The van der Waals surface area contributed by atoms with E-state index < -0.39 is 0 Å². The van der Waals surface area contributed by atoms with Gasteiger partial charge in [0.15, 0.2) is 5.82 Å². The number of anilines is 1. The highest BCUT2D eigenvalue weighted by Gasteiger charge is 2.21. The van der Waals surface area contributed by atoms with Crippen molar-refractivity contribution in [1.29, 1.82) is 0 Å². The highest BCUT2D eigenvalue weighted by atomic mass is 79.9. The van der Waals surface area contributed by atoms with Crippen LogP contribution in [0.25, 0.3) is 11.3 Å². The molecule has 1 atom stereocenters. The van der Waals surface area contributed by atoms with E-state index in [-0.39, 0.29) is 12.0 Å². The Morgan fingerprint density at radius 3 is 2.35 bits per heavy atom. The van der Waals surface area contributed by atoms with Crippen LogP contribution in [0.1, 0.15) is 25.8 Å². The lowest BCUT2D eigenvalue weighted by atomic mass is 10.1. The molecule has 0 spiro atoms. The van der Waals surface area contributed by atoms with E-state index in [1.807, 2.05) is 30.3 Å². The molecule has 0 aliphatic rings. The Bertz CT molecular complexity index is 587. The maximum atomic E-state index is 6.00. The molecule has 0 fully saturated rings. The molecule has 0 saturated heterocycles. The van der Waals surface area contributed by atoms with Crippen LogP contribution >= 0.6 is 15.9 Å². The molecule has 20 heavy (non-hydrogen) atoms. The fourth-order valence-corrected chi connectivity index (χ4v) is 2.48. The molecule has 1 aromatic heterocycles. The summed E-state index contributed by atoms with van der Waals surface area (Å²) >= 11 is 3.47. The number of halogens is 1. The molecule has 106 valence electrons. The quantitative estimate of drug-likeness (QED) is 0.922. The summed E-state index contributed by atoms with van der Waals surface area (Å²) in [5, 5.41) is 0. The molecule has 1 aromatic carbocycles. The summed E-state index contributed by atoms with van der Waals surface area (Å²) in [5.41, 5.74) is 7.78. The summed E-state index contributed by atoms with van der Waals surface area (Å²) in [6.45, 7) is 4.13. The van der Waals surface area contributed by atoms with E-state index in [0.717, 1.165) is 11.3 Å². The molecule has 2 rings (SSSR count). The van der Waals surface area contributed by atoms with Gasteiger partial charge in [-0.3, -0.25) is 0 Å². The van der Waals surface area contributed by atoms with E-state index in [1.165, 1.54) is 0 Å². The van der Waals surface area contributed by atoms with E-state index in [1.54, 1.807) is 7.11 Å². The van der Waals surface area contributed by atoms with Gasteiger partial charge in [0.05, 0.1) is 10.2 Å². The van der Waals surface area contributed by atoms with Crippen molar-refractivity contribution in [1.82, 2.24) is 9.97 Å². The van der Waals surface area contributed by atoms with Gasteiger partial charge in [0.1, 0.15) is 11.9 Å². The Balaban J connectivity index is 2.56. The first-order valence-corrected chi connectivity index (χ1v) is 7.25. The second kappa shape index (κ2) is 6.33. The Labute approximate surface area is 127 Å². The van der Waals surface area contributed by atoms with Gasteiger partial charge in [-0.05, 0) is 21.8 Å². The Morgan fingerprint density at radius 2 is 1.80 bits per heavy atom. The zero-order valence-electron chi connectivity index (χ0n) is 11.8. The topological polar surface area (TPSA) is 61.0 Å². The van der Waals surface area contributed by atoms with E-state index in [4.69, 9.17) is 10.5 Å². The molecular weight excluding hydrogens is 318 g/mol. The van der Waals surface area contributed by atoms with Gasteiger partial charge in [0.25, 0.3) is 0 Å². The third-order valence-electron chi connectivity index (χ3n) is 3.06. The maximum absolute atomic E-state index is 6.00. The van der Waals surface area contributed by atoms with Gasteiger partial charge in [-0.15, -0.1) is 0 Å². The number of nitrogen functional groups attached to an aromatic ring is 1. The Kier molecular flexibility index (Phi) is 4.73. The van der Waals surface area contributed by atoms with Crippen molar-refractivity contribution in [3.63, 3.8) is 0 Å². The standard InChI is InChI=1S/C15H18BrN3O/c1-9(2)13(20-3)15-18-12(11(16)14(17)19-15)10-7-5-4-6-8-10/h4-9,13H,1-3H3,(H2,17,18,19). The molecule has 2 N–H and O–H groups in total. The summed E-state index contributed by atoms with van der Waals surface area (Å²) < 4.78 is 6.20. The predicted molar refractivity (Wildman–Crippen MR) is 84.2 cm³/mol. The molecule has 4 nitrogen and oxygen atoms in total. The SMILES string of the molecule is COC(c1nc(N)c(Br)c(-c2ccccc2)n1)C(C)C.